The SMILES string of the molecule is CC[C@H](Sc1[nH+]c(N2CCOCC2)c2c(c1C#N)CCCC2)C(=O)OC. The lowest BCUT2D eigenvalue weighted by molar-refractivity contribution is -0.414. The van der Waals surface area contributed by atoms with E-state index >= 15 is 0 Å². The first-order valence-electron chi connectivity index (χ1n) is 9.27. The number of hydrogen-bond acceptors (Lipinski definition) is 6. The number of aromatic nitrogens is 1. The van der Waals surface area contributed by atoms with Gasteiger partial charge in [0.1, 0.15) is 30.0 Å². The van der Waals surface area contributed by atoms with Gasteiger partial charge in [-0.1, -0.05) is 18.7 Å². The van der Waals surface area contributed by atoms with E-state index in [1.54, 1.807) is 0 Å². The number of nitrogens with one attached hydrogen (secondary N) is 1. The van der Waals surface area contributed by atoms with Crippen molar-refractivity contribution >= 4 is 23.5 Å². The van der Waals surface area contributed by atoms with Crippen LogP contribution in [0.15, 0.2) is 5.03 Å². The Hall–Kier alpha value is -1.78. The van der Waals surface area contributed by atoms with Gasteiger partial charge in [-0.15, -0.1) is 0 Å². The smallest absolute Gasteiger partial charge is 0.319 e. The predicted molar refractivity (Wildman–Crippen MR) is 99.3 cm³/mol. The number of rotatable bonds is 5. The van der Waals surface area contributed by atoms with Crippen molar-refractivity contribution in [1.29, 1.82) is 5.26 Å². The first kappa shape index (κ1) is 19.0. The van der Waals surface area contributed by atoms with Crippen LogP contribution >= 0.6 is 11.8 Å². The third kappa shape index (κ3) is 3.81. The molecule has 6 nitrogen and oxygen atoms in total. The Labute approximate surface area is 158 Å². The molecule has 140 valence electrons. The molecule has 0 amide bonds. The number of morpholine rings is 1. The molecular weight excluding hydrogens is 350 g/mol. The fourth-order valence-corrected chi connectivity index (χ4v) is 4.75. The Balaban J connectivity index is 2.05. The number of ether oxygens (including phenoxy) is 2. The number of methoxy groups -OCH3 is 1. The van der Waals surface area contributed by atoms with E-state index in [2.05, 4.69) is 16.0 Å². The second-order valence-corrected chi connectivity index (χ2v) is 7.80. The van der Waals surface area contributed by atoms with Gasteiger partial charge in [0, 0.05) is 5.56 Å². The van der Waals surface area contributed by atoms with Gasteiger partial charge in [-0.2, -0.15) is 5.26 Å². The lowest BCUT2D eigenvalue weighted by Crippen LogP contribution is -2.41. The number of H-pyrrole nitrogens is 1. The summed E-state index contributed by atoms with van der Waals surface area (Å²) in [5.41, 5.74) is 3.12. The van der Waals surface area contributed by atoms with E-state index in [9.17, 15) is 10.1 Å². The summed E-state index contributed by atoms with van der Waals surface area (Å²) in [5.74, 6) is 0.852. The average Bonchev–Trinajstić information content (AvgIpc) is 2.71. The van der Waals surface area contributed by atoms with Crippen molar-refractivity contribution in [2.75, 3.05) is 38.3 Å². The molecule has 0 bridgehead atoms. The minimum absolute atomic E-state index is 0.250. The number of aromatic amines is 1. The summed E-state index contributed by atoms with van der Waals surface area (Å²) in [5, 5.41) is 10.3. The molecule has 1 aromatic rings. The standard InChI is InChI=1S/C19H25N3O3S/c1-3-16(19(23)24-2)26-18-15(12-20)13-6-4-5-7-14(13)17(21-18)22-8-10-25-11-9-22/h16H,3-11H2,1-2H3/p+1/t16-/m0/s1. The Morgan fingerprint density at radius 2 is 2.04 bits per heavy atom. The van der Waals surface area contributed by atoms with Crippen molar-refractivity contribution < 1.29 is 19.3 Å². The zero-order valence-electron chi connectivity index (χ0n) is 15.5. The molecule has 26 heavy (non-hydrogen) atoms. The Bertz CT molecular complexity index is 711. The summed E-state index contributed by atoms with van der Waals surface area (Å²) < 4.78 is 10.4. The molecule has 1 aromatic heterocycles. The fourth-order valence-electron chi connectivity index (χ4n) is 3.66. The van der Waals surface area contributed by atoms with E-state index in [1.807, 2.05) is 6.92 Å². The molecule has 0 aromatic carbocycles. The van der Waals surface area contributed by atoms with E-state index < -0.39 is 0 Å². The Morgan fingerprint density at radius 1 is 1.35 bits per heavy atom. The second-order valence-electron chi connectivity index (χ2n) is 6.59. The molecule has 7 heteroatoms. The summed E-state index contributed by atoms with van der Waals surface area (Å²) in [6, 6.07) is 2.39. The highest BCUT2D eigenvalue weighted by atomic mass is 32.2. The maximum atomic E-state index is 12.1. The van der Waals surface area contributed by atoms with Crippen LogP contribution in [0.2, 0.25) is 0 Å². The molecule has 1 fully saturated rings. The van der Waals surface area contributed by atoms with Crippen LogP contribution in [0.25, 0.3) is 0 Å². The Morgan fingerprint density at radius 3 is 2.65 bits per heavy atom. The summed E-state index contributed by atoms with van der Waals surface area (Å²) in [6.07, 6.45) is 4.82. The van der Waals surface area contributed by atoms with E-state index in [4.69, 9.17) is 9.47 Å². The zero-order chi connectivity index (χ0) is 18.5. The number of hydrogen-bond donors (Lipinski definition) is 0. The van der Waals surface area contributed by atoms with Gasteiger partial charge in [-0.3, -0.25) is 9.69 Å². The van der Waals surface area contributed by atoms with Gasteiger partial charge in [0.15, 0.2) is 5.03 Å². The highest BCUT2D eigenvalue weighted by molar-refractivity contribution is 8.00. The molecule has 3 rings (SSSR count). The quantitative estimate of drug-likeness (QED) is 0.579. The van der Waals surface area contributed by atoms with Crippen molar-refractivity contribution in [2.45, 2.75) is 49.3 Å². The molecule has 1 N–H and O–H groups in total. The molecule has 1 saturated heterocycles. The monoisotopic (exact) mass is 376 g/mol. The van der Waals surface area contributed by atoms with Crippen molar-refractivity contribution in [3.8, 4) is 6.07 Å². The average molecular weight is 377 g/mol. The third-order valence-corrected chi connectivity index (χ3v) is 6.40. The molecule has 0 saturated carbocycles. The highest BCUT2D eigenvalue weighted by Gasteiger charge is 2.32. The van der Waals surface area contributed by atoms with E-state index in [-0.39, 0.29) is 11.2 Å². The predicted octanol–water partition coefficient (Wildman–Crippen LogP) is 2.13. The number of nitriles is 1. The second kappa shape index (κ2) is 8.74. The summed E-state index contributed by atoms with van der Waals surface area (Å²) in [4.78, 5) is 17.9. The minimum Gasteiger partial charge on any atom is -0.468 e. The molecule has 0 unspecified atom stereocenters. The largest absolute Gasteiger partial charge is 0.468 e. The van der Waals surface area contributed by atoms with Crippen LogP contribution in [0.1, 0.15) is 42.9 Å². The van der Waals surface area contributed by atoms with Gasteiger partial charge in [0.2, 0.25) is 0 Å². The van der Waals surface area contributed by atoms with Gasteiger partial charge in [0.05, 0.1) is 20.3 Å². The fraction of sp³-hybridized carbons (Fsp3) is 0.632. The first-order valence-corrected chi connectivity index (χ1v) is 10.2. The highest BCUT2D eigenvalue weighted by Crippen LogP contribution is 2.35. The summed E-state index contributed by atoms with van der Waals surface area (Å²) >= 11 is 1.41. The first-order chi connectivity index (χ1) is 12.7. The lowest BCUT2D eigenvalue weighted by Gasteiger charge is -2.27. The van der Waals surface area contributed by atoms with Gasteiger partial charge >= 0.3 is 5.97 Å². The van der Waals surface area contributed by atoms with Crippen molar-refractivity contribution in [3.05, 3.63) is 16.7 Å². The van der Waals surface area contributed by atoms with Crippen molar-refractivity contribution in [2.24, 2.45) is 0 Å². The zero-order valence-corrected chi connectivity index (χ0v) is 16.3. The van der Waals surface area contributed by atoms with Gasteiger partial charge < -0.3 is 9.47 Å². The topological polar surface area (TPSA) is 76.7 Å². The summed E-state index contributed by atoms with van der Waals surface area (Å²) in [7, 11) is 1.41. The molecule has 1 aliphatic carbocycles. The van der Waals surface area contributed by atoms with Crippen LogP contribution in [-0.2, 0) is 27.1 Å². The molecule has 2 heterocycles. The molecule has 2 aliphatic rings. The van der Waals surface area contributed by atoms with E-state index in [0.717, 1.165) is 55.2 Å². The molecule has 1 atom stereocenters. The van der Waals surface area contributed by atoms with Crippen LogP contribution in [0.3, 0.4) is 0 Å². The van der Waals surface area contributed by atoms with Gasteiger partial charge in [0.25, 0.3) is 5.82 Å². The molecule has 0 radical (unpaired) electrons. The number of nitrogens with zero attached hydrogens (tertiary/aromatic N) is 2. The van der Waals surface area contributed by atoms with E-state index in [0.29, 0.717) is 25.2 Å². The number of pyridine rings is 1. The number of esters is 1. The maximum absolute atomic E-state index is 12.1. The minimum atomic E-state index is -0.317. The van der Waals surface area contributed by atoms with Crippen molar-refractivity contribution in [3.63, 3.8) is 0 Å². The van der Waals surface area contributed by atoms with Crippen LogP contribution in [0.4, 0.5) is 5.82 Å². The van der Waals surface area contributed by atoms with Gasteiger partial charge in [-0.25, -0.2) is 4.98 Å². The lowest BCUT2D eigenvalue weighted by atomic mass is 9.89. The van der Waals surface area contributed by atoms with Crippen LogP contribution in [-0.4, -0.2) is 44.6 Å². The molecule has 0 spiro atoms. The van der Waals surface area contributed by atoms with Crippen LogP contribution in [0.5, 0.6) is 0 Å². The molecule has 1 aliphatic heterocycles. The normalized spacial score (nSPS) is 18.0. The molecular formula is C19H26N3O3S+. The third-order valence-electron chi connectivity index (χ3n) is 5.05. The Kier molecular flexibility index (Phi) is 6.38. The van der Waals surface area contributed by atoms with E-state index in [1.165, 1.54) is 24.4 Å². The van der Waals surface area contributed by atoms with Crippen LogP contribution < -0.4 is 9.88 Å². The number of fused-ring (bicyclic) bond motifs is 1. The number of thioether (sulfide) groups is 1. The van der Waals surface area contributed by atoms with Crippen molar-refractivity contribution in [1.82, 2.24) is 0 Å². The number of anilines is 1. The maximum Gasteiger partial charge on any atom is 0.319 e. The number of carbonyl (C=O) groups excluding carboxylic acids is 1. The number of carbonyl (C=O) groups is 1. The van der Waals surface area contributed by atoms with Gasteiger partial charge in [-0.05, 0) is 37.7 Å². The van der Waals surface area contributed by atoms with Crippen LogP contribution in [0, 0.1) is 11.3 Å². The summed E-state index contributed by atoms with van der Waals surface area (Å²) in [6.45, 7) is 5.07.